The summed E-state index contributed by atoms with van der Waals surface area (Å²) in [6.45, 7) is 3.28. The van der Waals surface area contributed by atoms with Crippen LogP contribution in [-0.2, 0) is 6.54 Å². The standard InChI is InChI=1S/C15H15BrN4O/c1-2-21-13-6-4-3-5-12(13)17-7-11-8-19-15-9-18-14(16)10-20(11)15/h3-6,8-10,17H,2,7H2,1H3. The fraction of sp³-hybridized carbons (Fsp3) is 0.200. The Balaban J connectivity index is 1.82. The van der Waals surface area contributed by atoms with Crippen molar-refractivity contribution in [3.63, 3.8) is 0 Å². The number of anilines is 1. The van der Waals surface area contributed by atoms with Crippen molar-refractivity contribution in [1.29, 1.82) is 0 Å². The number of ether oxygens (including phenoxy) is 1. The molecule has 0 bridgehead atoms. The highest BCUT2D eigenvalue weighted by molar-refractivity contribution is 9.10. The van der Waals surface area contributed by atoms with Crippen molar-refractivity contribution in [1.82, 2.24) is 14.4 Å². The van der Waals surface area contributed by atoms with Crippen molar-refractivity contribution in [3.8, 4) is 5.75 Å². The van der Waals surface area contributed by atoms with Crippen molar-refractivity contribution in [3.05, 3.63) is 53.2 Å². The maximum Gasteiger partial charge on any atom is 0.155 e. The molecule has 0 amide bonds. The summed E-state index contributed by atoms with van der Waals surface area (Å²) in [5, 5.41) is 3.39. The van der Waals surface area contributed by atoms with Crippen molar-refractivity contribution in [2.45, 2.75) is 13.5 Å². The Bertz CT molecular complexity index is 756. The van der Waals surface area contributed by atoms with E-state index in [0.717, 1.165) is 27.4 Å². The number of aromatic nitrogens is 3. The lowest BCUT2D eigenvalue weighted by Crippen LogP contribution is -2.05. The van der Waals surface area contributed by atoms with Crippen LogP contribution in [0.3, 0.4) is 0 Å². The Morgan fingerprint density at radius 3 is 2.95 bits per heavy atom. The normalized spacial score (nSPS) is 10.8. The van der Waals surface area contributed by atoms with E-state index in [1.54, 1.807) is 6.20 Å². The van der Waals surface area contributed by atoms with Gasteiger partial charge in [0.05, 0.1) is 36.9 Å². The molecule has 3 aromatic rings. The second-order valence-electron chi connectivity index (χ2n) is 4.47. The van der Waals surface area contributed by atoms with Crippen molar-refractivity contribution < 1.29 is 4.74 Å². The molecule has 0 fully saturated rings. The lowest BCUT2D eigenvalue weighted by molar-refractivity contribution is 0.341. The van der Waals surface area contributed by atoms with Gasteiger partial charge in [0, 0.05) is 6.20 Å². The van der Waals surface area contributed by atoms with Gasteiger partial charge >= 0.3 is 0 Å². The molecule has 1 N–H and O–H groups in total. The Hall–Kier alpha value is -2.08. The number of benzene rings is 1. The highest BCUT2D eigenvalue weighted by Crippen LogP contribution is 2.24. The van der Waals surface area contributed by atoms with Gasteiger partial charge in [-0.1, -0.05) is 12.1 Å². The van der Waals surface area contributed by atoms with Gasteiger partial charge in [0.1, 0.15) is 10.4 Å². The predicted octanol–water partition coefficient (Wildman–Crippen LogP) is 3.50. The van der Waals surface area contributed by atoms with Gasteiger partial charge < -0.3 is 10.1 Å². The van der Waals surface area contributed by atoms with Crippen LogP contribution in [-0.4, -0.2) is 21.0 Å². The minimum atomic E-state index is 0.646. The van der Waals surface area contributed by atoms with Gasteiger partial charge in [0.2, 0.25) is 0 Å². The summed E-state index contributed by atoms with van der Waals surface area (Å²) in [4.78, 5) is 8.51. The molecule has 0 saturated carbocycles. The smallest absolute Gasteiger partial charge is 0.155 e. The molecular formula is C15H15BrN4O. The highest BCUT2D eigenvalue weighted by Gasteiger charge is 2.06. The zero-order valence-electron chi connectivity index (χ0n) is 11.6. The molecule has 3 rings (SSSR count). The number of hydrogen-bond acceptors (Lipinski definition) is 4. The number of imidazole rings is 1. The molecule has 0 saturated heterocycles. The van der Waals surface area contributed by atoms with E-state index in [2.05, 4.69) is 31.2 Å². The first-order valence-electron chi connectivity index (χ1n) is 6.71. The summed E-state index contributed by atoms with van der Waals surface area (Å²) in [6.07, 6.45) is 5.50. The van der Waals surface area contributed by atoms with E-state index in [-0.39, 0.29) is 0 Å². The van der Waals surface area contributed by atoms with Crippen LogP contribution in [0, 0.1) is 0 Å². The molecule has 5 nitrogen and oxygen atoms in total. The van der Waals surface area contributed by atoms with E-state index in [1.807, 2.05) is 48.0 Å². The molecule has 0 unspecified atom stereocenters. The second-order valence-corrected chi connectivity index (χ2v) is 5.28. The molecule has 0 radical (unpaired) electrons. The Morgan fingerprint density at radius 2 is 2.10 bits per heavy atom. The van der Waals surface area contributed by atoms with Crippen molar-refractivity contribution in [2.75, 3.05) is 11.9 Å². The molecule has 0 atom stereocenters. The number of hydrogen-bond donors (Lipinski definition) is 1. The number of nitrogens with zero attached hydrogens (tertiary/aromatic N) is 3. The Kier molecular flexibility index (Phi) is 4.06. The summed E-state index contributed by atoms with van der Waals surface area (Å²) < 4.78 is 8.40. The van der Waals surface area contributed by atoms with E-state index in [4.69, 9.17) is 4.74 Å². The lowest BCUT2D eigenvalue weighted by Gasteiger charge is -2.12. The molecule has 0 aliphatic heterocycles. The van der Waals surface area contributed by atoms with Crippen LogP contribution < -0.4 is 10.1 Å². The largest absolute Gasteiger partial charge is 0.492 e. The van der Waals surface area contributed by atoms with Gasteiger partial charge in [0.25, 0.3) is 0 Å². The van der Waals surface area contributed by atoms with E-state index < -0.39 is 0 Å². The molecule has 6 heteroatoms. The van der Waals surface area contributed by atoms with Gasteiger partial charge in [-0.25, -0.2) is 9.97 Å². The van der Waals surface area contributed by atoms with E-state index in [9.17, 15) is 0 Å². The molecule has 0 aliphatic carbocycles. The maximum absolute atomic E-state index is 5.61. The molecule has 108 valence electrons. The van der Waals surface area contributed by atoms with Gasteiger partial charge in [-0.05, 0) is 35.0 Å². The van der Waals surface area contributed by atoms with E-state index in [0.29, 0.717) is 13.2 Å². The van der Waals surface area contributed by atoms with Crippen LogP contribution in [0.4, 0.5) is 5.69 Å². The lowest BCUT2D eigenvalue weighted by atomic mass is 10.3. The maximum atomic E-state index is 5.61. The molecule has 0 spiro atoms. The zero-order chi connectivity index (χ0) is 14.7. The minimum absolute atomic E-state index is 0.646. The Labute approximate surface area is 131 Å². The number of halogens is 1. The molecule has 0 aliphatic rings. The van der Waals surface area contributed by atoms with Gasteiger partial charge in [-0.3, -0.25) is 4.40 Å². The SMILES string of the molecule is CCOc1ccccc1NCc1cnc2cnc(Br)cn12. The molecule has 2 heterocycles. The minimum Gasteiger partial charge on any atom is -0.492 e. The van der Waals surface area contributed by atoms with Crippen LogP contribution in [0.25, 0.3) is 5.65 Å². The molecule has 21 heavy (non-hydrogen) atoms. The van der Waals surface area contributed by atoms with E-state index in [1.165, 1.54) is 0 Å². The van der Waals surface area contributed by atoms with Crippen LogP contribution in [0.5, 0.6) is 5.75 Å². The summed E-state index contributed by atoms with van der Waals surface area (Å²) >= 11 is 3.38. The third kappa shape index (κ3) is 3.00. The first-order valence-corrected chi connectivity index (χ1v) is 7.50. The summed E-state index contributed by atoms with van der Waals surface area (Å²) in [7, 11) is 0. The highest BCUT2D eigenvalue weighted by atomic mass is 79.9. The number of fused-ring (bicyclic) bond motifs is 1. The second kappa shape index (κ2) is 6.13. The fourth-order valence-electron chi connectivity index (χ4n) is 2.13. The first-order chi connectivity index (χ1) is 10.3. The topological polar surface area (TPSA) is 51.5 Å². The van der Waals surface area contributed by atoms with Gasteiger partial charge in [-0.2, -0.15) is 0 Å². The van der Waals surface area contributed by atoms with Crippen LogP contribution in [0.1, 0.15) is 12.6 Å². The van der Waals surface area contributed by atoms with Gasteiger partial charge in [-0.15, -0.1) is 0 Å². The monoisotopic (exact) mass is 346 g/mol. The van der Waals surface area contributed by atoms with E-state index >= 15 is 0 Å². The Morgan fingerprint density at radius 1 is 1.24 bits per heavy atom. The number of nitrogens with one attached hydrogen (secondary N) is 1. The third-order valence-corrected chi connectivity index (χ3v) is 3.50. The zero-order valence-corrected chi connectivity index (χ0v) is 13.2. The van der Waals surface area contributed by atoms with Crippen LogP contribution >= 0.6 is 15.9 Å². The third-order valence-electron chi connectivity index (χ3n) is 3.09. The number of para-hydroxylation sites is 2. The van der Waals surface area contributed by atoms with Crippen LogP contribution in [0.2, 0.25) is 0 Å². The predicted molar refractivity (Wildman–Crippen MR) is 85.6 cm³/mol. The van der Waals surface area contributed by atoms with Gasteiger partial charge in [0.15, 0.2) is 5.65 Å². The average molecular weight is 347 g/mol. The van der Waals surface area contributed by atoms with Crippen LogP contribution in [0.15, 0.2) is 47.5 Å². The fourth-order valence-corrected chi connectivity index (χ4v) is 2.43. The summed E-state index contributed by atoms with van der Waals surface area (Å²) in [5.74, 6) is 0.858. The molecule has 1 aromatic carbocycles. The van der Waals surface area contributed by atoms with Crippen molar-refractivity contribution in [2.24, 2.45) is 0 Å². The number of rotatable bonds is 5. The molecular weight excluding hydrogens is 332 g/mol. The van der Waals surface area contributed by atoms with Crippen molar-refractivity contribution >= 4 is 27.3 Å². The summed E-state index contributed by atoms with van der Waals surface area (Å²) in [5.41, 5.74) is 2.86. The average Bonchev–Trinajstić information content (AvgIpc) is 2.89. The summed E-state index contributed by atoms with van der Waals surface area (Å²) in [6, 6.07) is 7.92. The quantitative estimate of drug-likeness (QED) is 0.768. The first kappa shape index (κ1) is 13.9. The molecule has 2 aromatic heterocycles.